The Bertz CT molecular complexity index is 791. The van der Waals surface area contributed by atoms with Crippen molar-refractivity contribution in [3.8, 4) is 0 Å². The van der Waals surface area contributed by atoms with E-state index in [1.807, 2.05) is 48.5 Å². The minimum absolute atomic E-state index is 0.0609. The molecule has 0 radical (unpaired) electrons. The van der Waals surface area contributed by atoms with Crippen LogP contribution in [0.15, 0.2) is 54.6 Å². The molecule has 0 spiro atoms. The fourth-order valence-electron chi connectivity index (χ4n) is 2.73. The molecule has 0 unspecified atom stereocenters. The third-order valence-corrected chi connectivity index (χ3v) is 5.21. The van der Waals surface area contributed by atoms with Gasteiger partial charge in [0.05, 0.1) is 16.1 Å². The van der Waals surface area contributed by atoms with Gasteiger partial charge in [-0.1, -0.05) is 53.8 Å². The molecule has 1 amide bonds. The minimum Gasteiger partial charge on any atom is -0.352 e. The van der Waals surface area contributed by atoms with Crippen LogP contribution in [0.1, 0.15) is 5.56 Å². The molecule has 23 heavy (non-hydrogen) atoms. The van der Waals surface area contributed by atoms with Crippen molar-refractivity contribution in [2.24, 2.45) is 5.92 Å². The lowest BCUT2D eigenvalue weighted by molar-refractivity contribution is -0.125. The number of hydrogen-bond acceptors (Lipinski definition) is 4. The van der Waals surface area contributed by atoms with Gasteiger partial charge in [-0.05, 0) is 17.7 Å². The first-order valence-electron chi connectivity index (χ1n) is 7.72. The average Bonchev–Trinajstić information content (AvgIpc) is 2.96. The zero-order chi connectivity index (χ0) is 15.6. The van der Waals surface area contributed by atoms with E-state index in [-0.39, 0.29) is 11.8 Å². The van der Waals surface area contributed by atoms with E-state index in [1.54, 1.807) is 11.3 Å². The fraction of sp³-hybridized carbons (Fsp3) is 0.222. The van der Waals surface area contributed by atoms with Crippen LogP contribution >= 0.6 is 11.3 Å². The fourth-order valence-corrected chi connectivity index (χ4v) is 3.71. The Kier molecular flexibility index (Phi) is 3.71. The number of amides is 1. The van der Waals surface area contributed by atoms with E-state index in [0.717, 1.165) is 29.3 Å². The van der Waals surface area contributed by atoms with Gasteiger partial charge in [0.2, 0.25) is 5.91 Å². The van der Waals surface area contributed by atoms with Crippen LogP contribution in [-0.4, -0.2) is 24.0 Å². The highest BCUT2D eigenvalue weighted by Gasteiger charge is 2.34. The monoisotopic (exact) mass is 323 g/mol. The van der Waals surface area contributed by atoms with E-state index < -0.39 is 0 Å². The molecule has 1 saturated heterocycles. The number of thiazole rings is 1. The molecule has 2 aromatic carbocycles. The maximum atomic E-state index is 12.2. The summed E-state index contributed by atoms with van der Waals surface area (Å²) in [6, 6.07) is 18.1. The molecule has 1 aliphatic rings. The molecular weight excluding hydrogens is 306 g/mol. The van der Waals surface area contributed by atoms with Crippen molar-refractivity contribution in [1.29, 1.82) is 0 Å². The number of nitrogens with zero attached hydrogens (tertiary/aromatic N) is 2. The number of carbonyl (C=O) groups is 1. The summed E-state index contributed by atoms with van der Waals surface area (Å²) in [5.41, 5.74) is 2.16. The van der Waals surface area contributed by atoms with Crippen molar-refractivity contribution >= 4 is 32.6 Å². The van der Waals surface area contributed by atoms with Gasteiger partial charge in [-0.15, -0.1) is 0 Å². The number of rotatable bonds is 4. The highest BCUT2D eigenvalue weighted by atomic mass is 32.1. The van der Waals surface area contributed by atoms with Crippen LogP contribution < -0.4 is 10.2 Å². The summed E-state index contributed by atoms with van der Waals surface area (Å²) in [5, 5.41) is 4.03. The van der Waals surface area contributed by atoms with Gasteiger partial charge in [-0.2, -0.15) is 0 Å². The number of carbonyl (C=O) groups excluding carboxylic acids is 1. The van der Waals surface area contributed by atoms with Crippen molar-refractivity contribution in [3.63, 3.8) is 0 Å². The van der Waals surface area contributed by atoms with Crippen molar-refractivity contribution in [1.82, 2.24) is 10.3 Å². The first-order valence-corrected chi connectivity index (χ1v) is 8.53. The average molecular weight is 323 g/mol. The highest BCUT2D eigenvalue weighted by Crippen LogP contribution is 2.32. The van der Waals surface area contributed by atoms with Crippen molar-refractivity contribution < 1.29 is 4.79 Å². The van der Waals surface area contributed by atoms with E-state index in [4.69, 9.17) is 0 Å². The third kappa shape index (κ3) is 2.92. The Morgan fingerprint density at radius 1 is 1.13 bits per heavy atom. The normalized spacial score (nSPS) is 14.7. The second kappa shape index (κ2) is 6.01. The molecule has 0 aliphatic carbocycles. The third-order valence-electron chi connectivity index (χ3n) is 4.12. The molecule has 2 heterocycles. The molecule has 0 atom stereocenters. The standard InChI is InChI=1S/C18H17N3OS/c22-17(19-10-13-6-2-1-3-7-13)14-11-21(12-14)18-20-15-8-4-5-9-16(15)23-18/h1-9,14H,10-12H2,(H,19,22). The molecule has 3 aromatic rings. The summed E-state index contributed by atoms with van der Waals surface area (Å²) in [7, 11) is 0. The van der Waals surface area contributed by atoms with Crippen molar-refractivity contribution in [2.75, 3.05) is 18.0 Å². The lowest BCUT2D eigenvalue weighted by Crippen LogP contribution is -2.53. The van der Waals surface area contributed by atoms with Crippen molar-refractivity contribution in [3.05, 3.63) is 60.2 Å². The Balaban J connectivity index is 1.33. The first-order chi connectivity index (χ1) is 11.3. The summed E-state index contributed by atoms with van der Waals surface area (Å²) < 4.78 is 1.19. The van der Waals surface area contributed by atoms with Gasteiger partial charge in [-0.25, -0.2) is 4.98 Å². The number of para-hydroxylation sites is 1. The molecule has 0 bridgehead atoms. The van der Waals surface area contributed by atoms with Crippen LogP contribution in [-0.2, 0) is 11.3 Å². The quantitative estimate of drug-likeness (QED) is 0.802. The van der Waals surface area contributed by atoms with Gasteiger partial charge >= 0.3 is 0 Å². The van der Waals surface area contributed by atoms with Crippen LogP contribution in [0.3, 0.4) is 0 Å². The maximum absolute atomic E-state index is 12.2. The van der Waals surface area contributed by atoms with Gasteiger partial charge in [0.25, 0.3) is 0 Å². The van der Waals surface area contributed by atoms with Crippen LogP contribution in [0, 0.1) is 5.92 Å². The minimum atomic E-state index is 0.0609. The molecule has 1 N–H and O–H groups in total. The second-order valence-corrected chi connectivity index (χ2v) is 6.78. The molecular formula is C18H17N3OS. The Hall–Kier alpha value is -2.40. The summed E-state index contributed by atoms with van der Waals surface area (Å²) >= 11 is 1.69. The summed E-state index contributed by atoms with van der Waals surface area (Å²) in [4.78, 5) is 19.0. The van der Waals surface area contributed by atoms with Gasteiger partial charge in [0.15, 0.2) is 5.13 Å². The number of anilines is 1. The lowest BCUT2D eigenvalue weighted by Gasteiger charge is -2.37. The van der Waals surface area contributed by atoms with Crippen molar-refractivity contribution in [2.45, 2.75) is 6.54 Å². The lowest BCUT2D eigenvalue weighted by atomic mass is 10.00. The summed E-state index contributed by atoms with van der Waals surface area (Å²) in [5.74, 6) is 0.192. The van der Waals surface area contributed by atoms with E-state index >= 15 is 0 Å². The highest BCUT2D eigenvalue weighted by molar-refractivity contribution is 7.22. The van der Waals surface area contributed by atoms with E-state index in [1.165, 1.54) is 4.70 Å². The molecule has 5 heteroatoms. The van der Waals surface area contributed by atoms with E-state index in [9.17, 15) is 4.79 Å². The van der Waals surface area contributed by atoms with E-state index in [0.29, 0.717) is 6.54 Å². The van der Waals surface area contributed by atoms with Gasteiger partial charge < -0.3 is 10.2 Å². The molecule has 4 nitrogen and oxygen atoms in total. The van der Waals surface area contributed by atoms with Crippen LogP contribution in [0.4, 0.5) is 5.13 Å². The predicted molar refractivity (Wildman–Crippen MR) is 93.6 cm³/mol. The smallest absolute Gasteiger partial charge is 0.226 e. The number of hydrogen-bond donors (Lipinski definition) is 1. The predicted octanol–water partition coefficient (Wildman–Crippen LogP) is 3.05. The molecule has 1 aromatic heterocycles. The number of nitrogens with one attached hydrogen (secondary N) is 1. The second-order valence-electron chi connectivity index (χ2n) is 5.77. The summed E-state index contributed by atoms with van der Waals surface area (Å²) in [6.45, 7) is 2.10. The Labute approximate surface area is 138 Å². The van der Waals surface area contributed by atoms with Gasteiger partial charge in [0, 0.05) is 19.6 Å². The number of aromatic nitrogens is 1. The zero-order valence-corrected chi connectivity index (χ0v) is 13.4. The first kappa shape index (κ1) is 14.2. The van der Waals surface area contributed by atoms with Gasteiger partial charge in [-0.3, -0.25) is 4.79 Å². The SMILES string of the molecule is O=C(NCc1ccccc1)C1CN(c2nc3ccccc3s2)C1. The Morgan fingerprint density at radius 3 is 2.65 bits per heavy atom. The largest absolute Gasteiger partial charge is 0.352 e. The number of fused-ring (bicyclic) bond motifs is 1. The Morgan fingerprint density at radius 2 is 1.87 bits per heavy atom. The number of benzene rings is 2. The van der Waals surface area contributed by atoms with E-state index in [2.05, 4.69) is 21.3 Å². The maximum Gasteiger partial charge on any atom is 0.226 e. The summed E-state index contributed by atoms with van der Waals surface area (Å²) in [6.07, 6.45) is 0. The molecule has 1 aliphatic heterocycles. The molecule has 0 saturated carbocycles. The van der Waals surface area contributed by atoms with Crippen LogP contribution in [0.5, 0.6) is 0 Å². The molecule has 116 valence electrons. The molecule has 4 rings (SSSR count). The van der Waals surface area contributed by atoms with Crippen LogP contribution in [0.2, 0.25) is 0 Å². The molecule has 1 fully saturated rings. The van der Waals surface area contributed by atoms with Crippen LogP contribution in [0.25, 0.3) is 10.2 Å². The van der Waals surface area contributed by atoms with Gasteiger partial charge in [0.1, 0.15) is 0 Å². The topological polar surface area (TPSA) is 45.2 Å². The zero-order valence-electron chi connectivity index (χ0n) is 12.6.